The van der Waals surface area contributed by atoms with E-state index in [2.05, 4.69) is 25.0 Å². The summed E-state index contributed by atoms with van der Waals surface area (Å²) in [6.45, 7) is 1.47. The number of aromatic nitrogens is 5. The fourth-order valence-corrected chi connectivity index (χ4v) is 2.94. The van der Waals surface area contributed by atoms with E-state index in [1.54, 1.807) is 0 Å². The number of rotatable bonds is 4. The minimum atomic E-state index is -5.76. The minimum absolute atomic E-state index is 0.0355. The number of carbonyl (C=O) groups excluding carboxylic acids is 2. The summed E-state index contributed by atoms with van der Waals surface area (Å²) in [6.07, 6.45) is -8.96. The molecule has 36 heavy (non-hydrogen) atoms. The van der Waals surface area contributed by atoms with Gasteiger partial charge in [-0.2, -0.15) is 46.8 Å². The number of alkyl halides is 6. The van der Waals surface area contributed by atoms with Crippen LogP contribution in [0.3, 0.4) is 0 Å². The Morgan fingerprint density at radius 1 is 1.11 bits per heavy atom. The van der Waals surface area contributed by atoms with Gasteiger partial charge in [0.1, 0.15) is 11.4 Å². The van der Waals surface area contributed by atoms with Gasteiger partial charge < -0.3 is 15.7 Å². The highest BCUT2D eigenvalue weighted by Crippen LogP contribution is 2.41. The Labute approximate surface area is 196 Å². The first-order valence-electron chi connectivity index (χ1n) is 9.54. The molecule has 0 saturated carbocycles. The third-order valence-corrected chi connectivity index (χ3v) is 4.78. The fraction of sp³-hybridized carbons (Fsp3) is 0.263. The van der Waals surface area contributed by atoms with Crippen molar-refractivity contribution in [2.75, 3.05) is 5.73 Å². The second kappa shape index (κ2) is 9.06. The smallest absolute Gasteiger partial charge is 0.382 e. The Hall–Kier alpha value is -4.28. The molecule has 4 N–H and O–H groups in total. The average molecular weight is 519 g/mol. The zero-order valence-corrected chi connectivity index (χ0v) is 18.1. The summed E-state index contributed by atoms with van der Waals surface area (Å²) in [6, 6.07) is 2.54. The van der Waals surface area contributed by atoms with Crippen LogP contribution < -0.4 is 11.2 Å². The first kappa shape index (κ1) is 26.3. The number of aryl methyl sites for hydroxylation is 2. The van der Waals surface area contributed by atoms with E-state index in [9.17, 15) is 41.0 Å². The lowest BCUT2D eigenvalue weighted by molar-refractivity contribution is -0.262. The first-order chi connectivity index (χ1) is 16.6. The van der Waals surface area contributed by atoms with Gasteiger partial charge in [0, 0.05) is 18.2 Å². The van der Waals surface area contributed by atoms with Crippen molar-refractivity contribution < 1.29 is 45.9 Å². The van der Waals surface area contributed by atoms with Crippen LogP contribution in [0, 0.1) is 6.92 Å². The lowest BCUT2D eigenvalue weighted by atomic mass is 9.89. The highest BCUT2D eigenvalue weighted by atomic mass is 19.4. The molecule has 1 unspecified atom stereocenters. The number of nitrogens with one attached hydrogen (secondary N) is 1. The molecule has 0 aliphatic carbocycles. The number of anilines is 1. The maximum atomic E-state index is 13.8. The average Bonchev–Trinajstić information content (AvgIpc) is 3.22. The molecule has 0 saturated heterocycles. The predicted molar refractivity (Wildman–Crippen MR) is 107 cm³/mol. The number of hydrogen-bond acceptors (Lipinski definition) is 9. The molecule has 17 heteroatoms. The third-order valence-electron chi connectivity index (χ3n) is 4.78. The third kappa shape index (κ3) is 4.90. The molecular formula is C19H15F6N7O4. The number of nitrogens with two attached hydrogens (primary N) is 1. The first-order valence-corrected chi connectivity index (χ1v) is 9.54. The molecule has 0 aliphatic heterocycles. The van der Waals surface area contributed by atoms with Crippen LogP contribution in [0.2, 0.25) is 0 Å². The van der Waals surface area contributed by atoms with Gasteiger partial charge in [0.05, 0.1) is 18.1 Å². The zero-order valence-electron chi connectivity index (χ0n) is 18.1. The Balaban J connectivity index is 2.07. The molecule has 0 fully saturated rings. The summed E-state index contributed by atoms with van der Waals surface area (Å²) in [5, 5.41) is 18.2. The predicted octanol–water partition coefficient (Wildman–Crippen LogP) is 1.72. The number of hydrogen-bond donors (Lipinski definition) is 3. The van der Waals surface area contributed by atoms with Crippen molar-refractivity contribution in [3.8, 4) is 22.6 Å². The molecule has 1 aromatic carbocycles. The minimum Gasteiger partial charge on any atom is -0.382 e. The van der Waals surface area contributed by atoms with Crippen LogP contribution in [-0.4, -0.2) is 54.3 Å². The van der Waals surface area contributed by atoms with E-state index in [-0.39, 0.29) is 28.5 Å². The summed E-state index contributed by atoms with van der Waals surface area (Å²) in [4.78, 5) is 35.7. The normalized spacial score (nSPS) is 13.7. The highest BCUT2D eigenvalue weighted by Gasteiger charge is 2.61. The van der Waals surface area contributed by atoms with Gasteiger partial charge in [0.25, 0.3) is 11.5 Å². The Kier molecular flexibility index (Phi) is 6.63. The van der Waals surface area contributed by atoms with Crippen LogP contribution >= 0.6 is 0 Å². The summed E-state index contributed by atoms with van der Waals surface area (Å²) in [5.41, 5.74) is 1.44. The van der Waals surface area contributed by atoms with E-state index in [4.69, 9.17) is 5.73 Å². The van der Waals surface area contributed by atoms with E-state index in [1.807, 2.05) is 0 Å². The summed E-state index contributed by atoms with van der Waals surface area (Å²) < 4.78 is 78.4. The van der Waals surface area contributed by atoms with E-state index in [0.717, 1.165) is 18.3 Å². The summed E-state index contributed by atoms with van der Waals surface area (Å²) in [5.74, 6) is -5.57. The van der Waals surface area contributed by atoms with Gasteiger partial charge in [-0.25, -0.2) is 14.8 Å². The van der Waals surface area contributed by atoms with Crippen LogP contribution in [0.25, 0.3) is 22.6 Å². The van der Waals surface area contributed by atoms with Crippen molar-refractivity contribution in [1.29, 1.82) is 0 Å². The van der Waals surface area contributed by atoms with Gasteiger partial charge in [-0.1, -0.05) is 12.1 Å². The number of aliphatic hydroxyl groups is 1. The van der Waals surface area contributed by atoms with E-state index >= 15 is 0 Å². The SMILES string of the molecule is Cc1ccc(C(O)(C(=O)NOC(=O)C(F)(F)F)C(F)(F)F)cc1-c1cnc(N)c(-c2cnn(C)n2)n1. The number of halogens is 6. The zero-order chi connectivity index (χ0) is 27.1. The Morgan fingerprint density at radius 2 is 1.78 bits per heavy atom. The van der Waals surface area contributed by atoms with Crippen molar-refractivity contribution in [3.63, 3.8) is 0 Å². The number of amides is 1. The standard InChI is InChI=1S/C19H15F6N7O4/c1-8-3-4-9(17(35,19(23,24)25)15(33)31-36-16(34)18(20,21)22)5-10(8)11-6-27-14(26)13(29-11)12-7-28-32(2)30-12/h3-7,35H,1-2H3,(H2,26,27)(H,31,33). The summed E-state index contributed by atoms with van der Waals surface area (Å²) >= 11 is 0. The largest absolute Gasteiger partial charge is 0.493 e. The monoisotopic (exact) mass is 519 g/mol. The molecule has 1 atom stereocenters. The number of carbonyl (C=O) groups is 2. The quantitative estimate of drug-likeness (QED) is 0.345. The van der Waals surface area contributed by atoms with E-state index < -0.39 is 35.4 Å². The summed E-state index contributed by atoms with van der Waals surface area (Å²) in [7, 11) is 1.51. The van der Waals surface area contributed by atoms with Gasteiger partial charge in [-0.3, -0.25) is 4.79 Å². The van der Waals surface area contributed by atoms with Crippen molar-refractivity contribution in [1.82, 2.24) is 30.4 Å². The second-order valence-electron chi connectivity index (χ2n) is 7.26. The number of nitrogens with zero attached hydrogens (tertiary/aromatic N) is 5. The molecule has 3 aromatic rings. The Bertz CT molecular complexity index is 1320. The molecule has 11 nitrogen and oxygen atoms in total. The van der Waals surface area contributed by atoms with E-state index in [0.29, 0.717) is 17.1 Å². The maximum Gasteiger partial charge on any atom is 0.493 e. The van der Waals surface area contributed by atoms with Gasteiger partial charge in [0.2, 0.25) is 0 Å². The topological polar surface area (TPSA) is 158 Å². The van der Waals surface area contributed by atoms with Crippen LogP contribution in [0.1, 0.15) is 11.1 Å². The molecule has 2 heterocycles. The highest BCUT2D eigenvalue weighted by molar-refractivity contribution is 5.88. The molecule has 1 amide bonds. The van der Waals surface area contributed by atoms with Crippen LogP contribution in [0.4, 0.5) is 32.2 Å². The molecule has 0 spiro atoms. The fourth-order valence-electron chi connectivity index (χ4n) is 2.94. The van der Waals surface area contributed by atoms with Gasteiger partial charge >= 0.3 is 18.3 Å². The Morgan fingerprint density at radius 3 is 2.33 bits per heavy atom. The van der Waals surface area contributed by atoms with Gasteiger partial charge in [-0.05, 0) is 18.6 Å². The lowest BCUT2D eigenvalue weighted by Gasteiger charge is -2.29. The van der Waals surface area contributed by atoms with Crippen LogP contribution in [0.15, 0.2) is 30.6 Å². The number of benzene rings is 1. The maximum absolute atomic E-state index is 13.8. The van der Waals surface area contributed by atoms with Crippen LogP contribution in [-0.2, 0) is 27.1 Å². The second-order valence-corrected chi connectivity index (χ2v) is 7.26. The molecule has 0 aliphatic rings. The molecule has 2 aromatic heterocycles. The van der Waals surface area contributed by atoms with Crippen molar-refractivity contribution in [2.24, 2.45) is 7.05 Å². The van der Waals surface area contributed by atoms with E-state index in [1.165, 1.54) is 25.0 Å². The molecular weight excluding hydrogens is 504 g/mol. The molecule has 0 radical (unpaired) electrons. The molecule has 0 bridgehead atoms. The number of nitrogen functional groups attached to an aromatic ring is 1. The molecule has 3 rings (SSSR count). The van der Waals surface area contributed by atoms with Crippen molar-refractivity contribution in [2.45, 2.75) is 24.9 Å². The van der Waals surface area contributed by atoms with Gasteiger partial charge in [0.15, 0.2) is 5.82 Å². The van der Waals surface area contributed by atoms with Crippen molar-refractivity contribution in [3.05, 3.63) is 41.7 Å². The number of hydroxylamine groups is 1. The van der Waals surface area contributed by atoms with Crippen LogP contribution in [0.5, 0.6) is 0 Å². The van der Waals surface area contributed by atoms with Crippen molar-refractivity contribution >= 4 is 17.7 Å². The van der Waals surface area contributed by atoms with Gasteiger partial charge in [-0.15, -0.1) is 0 Å². The lowest BCUT2D eigenvalue weighted by Crippen LogP contribution is -2.55. The molecule has 192 valence electrons.